The van der Waals surface area contributed by atoms with Crippen LogP contribution in [0.4, 0.5) is 0 Å². The van der Waals surface area contributed by atoms with Crippen LogP contribution in [0, 0.1) is 5.92 Å². The van der Waals surface area contributed by atoms with E-state index in [1.807, 2.05) is 6.07 Å². The molecule has 22 heavy (non-hydrogen) atoms. The largest absolute Gasteiger partial charge is 0.477 e. The van der Waals surface area contributed by atoms with Crippen molar-refractivity contribution in [1.82, 2.24) is 5.32 Å². The number of Topliss-reactive ketones (excluding diaryl/α,β-unsaturated/α-hetero) is 1. The van der Waals surface area contributed by atoms with E-state index in [2.05, 4.69) is 29.6 Å². The maximum Gasteiger partial charge on any atom is 0.162 e. The molecule has 1 aromatic rings. The minimum absolute atomic E-state index is 0.255. The summed E-state index contributed by atoms with van der Waals surface area (Å²) in [6, 6.07) is 10.5. The molecule has 1 saturated carbocycles. The van der Waals surface area contributed by atoms with Crippen molar-refractivity contribution in [2.24, 2.45) is 5.92 Å². The molecule has 1 fully saturated rings. The van der Waals surface area contributed by atoms with Gasteiger partial charge in [0.1, 0.15) is 5.76 Å². The molecule has 2 unspecified atom stereocenters. The van der Waals surface area contributed by atoms with Crippen molar-refractivity contribution in [2.45, 2.75) is 57.2 Å². The highest BCUT2D eigenvalue weighted by Gasteiger charge is 2.46. The van der Waals surface area contributed by atoms with Gasteiger partial charge in [-0.2, -0.15) is 0 Å². The molecule has 3 nitrogen and oxygen atoms in total. The van der Waals surface area contributed by atoms with Crippen molar-refractivity contribution in [3.8, 4) is 0 Å². The number of benzene rings is 1. The van der Waals surface area contributed by atoms with Gasteiger partial charge in [-0.3, -0.25) is 10.1 Å². The van der Waals surface area contributed by atoms with Gasteiger partial charge >= 0.3 is 0 Å². The maximum absolute atomic E-state index is 12.3. The molecule has 1 heterocycles. The summed E-state index contributed by atoms with van der Waals surface area (Å²) in [4.78, 5) is 12.3. The van der Waals surface area contributed by atoms with Crippen LogP contribution >= 0.6 is 0 Å². The molecule has 2 bridgehead atoms. The number of carbonyl (C=O) groups is 1. The van der Waals surface area contributed by atoms with Crippen LogP contribution in [0.15, 0.2) is 41.7 Å². The molecule has 116 valence electrons. The average Bonchev–Trinajstić information content (AvgIpc) is 2.54. The Morgan fingerprint density at radius 1 is 1.18 bits per heavy atom. The van der Waals surface area contributed by atoms with Crippen LogP contribution in [0.5, 0.6) is 0 Å². The Hall–Kier alpha value is -1.61. The summed E-state index contributed by atoms with van der Waals surface area (Å²) < 4.78 is 6.39. The highest BCUT2D eigenvalue weighted by Crippen LogP contribution is 2.47. The Morgan fingerprint density at radius 3 is 2.91 bits per heavy atom. The summed E-state index contributed by atoms with van der Waals surface area (Å²) in [5.41, 5.74) is 2.06. The van der Waals surface area contributed by atoms with Crippen LogP contribution in [0.2, 0.25) is 0 Å². The number of carbonyl (C=O) groups excluding carboxylic acids is 1. The van der Waals surface area contributed by atoms with Crippen molar-refractivity contribution >= 4 is 5.78 Å². The van der Waals surface area contributed by atoms with Crippen molar-refractivity contribution in [2.75, 3.05) is 0 Å². The Bertz CT molecular complexity index is 607. The molecule has 2 atom stereocenters. The van der Waals surface area contributed by atoms with Gasteiger partial charge in [-0.05, 0) is 30.7 Å². The molecule has 1 N–H and O–H groups in total. The zero-order valence-corrected chi connectivity index (χ0v) is 12.9. The van der Waals surface area contributed by atoms with E-state index in [1.54, 1.807) is 0 Å². The van der Waals surface area contributed by atoms with E-state index >= 15 is 0 Å². The lowest BCUT2D eigenvalue weighted by Crippen LogP contribution is -2.54. The van der Waals surface area contributed by atoms with Gasteiger partial charge in [0.05, 0.1) is 0 Å². The molecule has 0 spiro atoms. The van der Waals surface area contributed by atoms with Crippen molar-refractivity contribution < 1.29 is 9.53 Å². The fourth-order valence-corrected chi connectivity index (χ4v) is 4.26. The Morgan fingerprint density at radius 2 is 2.05 bits per heavy atom. The van der Waals surface area contributed by atoms with E-state index in [9.17, 15) is 4.79 Å². The summed E-state index contributed by atoms with van der Waals surface area (Å²) >= 11 is 0. The van der Waals surface area contributed by atoms with Gasteiger partial charge in [0, 0.05) is 37.8 Å². The van der Waals surface area contributed by atoms with Gasteiger partial charge in [-0.25, -0.2) is 0 Å². The van der Waals surface area contributed by atoms with Gasteiger partial charge < -0.3 is 4.74 Å². The first kappa shape index (κ1) is 14.0. The SMILES string of the molecule is O=C1CCCC2=C1C1CCCC(NCc3ccccc3)(C1)O2. The molecule has 3 heteroatoms. The Balaban J connectivity index is 1.56. The van der Waals surface area contributed by atoms with Gasteiger partial charge in [0.2, 0.25) is 0 Å². The first-order valence-electron chi connectivity index (χ1n) is 8.50. The van der Waals surface area contributed by atoms with Crippen LogP contribution in [0.1, 0.15) is 50.5 Å². The molecule has 1 aliphatic heterocycles. The third-order valence-corrected chi connectivity index (χ3v) is 5.30. The number of hydrogen-bond donors (Lipinski definition) is 1. The number of allylic oxidation sites excluding steroid dienone is 2. The molecule has 2 aliphatic carbocycles. The molecule has 0 aromatic heterocycles. The molecular weight excluding hydrogens is 274 g/mol. The van der Waals surface area contributed by atoms with Crippen molar-refractivity contribution in [3.05, 3.63) is 47.2 Å². The van der Waals surface area contributed by atoms with Crippen LogP contribution in [0.25, 0.3) is 0 Å². The van der Waals surface area contributed by atoms with Crippen molar-refractivity contribution in [1.29, 1.82) is 0 Å². The second kappa shape index (κ2) is 5.54. The first-order chi connectivity index (χ1) is 10.8. The number of rotatable bonds is 3. The topological polar surface area (TPSA) is 38.3 Å². The molecule has 3 aliphatic rings. The summed E-state index contributed by atoms with van der Waals surface area (Å²) in [5, 5.41) is 3.66. The highest BCUT2D eigenvalue weighted by molar-refractivity contribution is 5.97. The van der Waals surface area contributed by atoms with Crippen LogP contribution in [0.3, 0.4) is 0 Å². The fraction of sp³-hybridized carbons (Fsp3) is 0.526. The minimum Gasteiger partial charge on any atom is -0.477 e. The molecule has 0 radical (unpaired) electrons. The second-order valence-electron chi connectivity index (χ2n) is 6.84. The lowest BCUT2D eigenvalue weighted by atomic mass is 9.73. The number of ketones is 1. The van der Waals surface area contributed by atoms with Crippen LogP contribution in [-0.2, 0) is 16.1 Å². The van der Waals surface area contributed by atoms with E-state index in [-0.39, 0.29) is 5.72 Å². The van der Waals surface area contributed by atoms with Gasteiger partial charge in [-0.15, -0.1) is 0 Å². The zero-order chi connectivity index (χ0) is 15.0. The molecule has 4 rings (SSSR count). The summed E-state index contributed by atoms with van der Waals surface area (Å²) in [6.07, 6.45) is 6.86. The van der Waals surface area contributed by atoms with E-state index in [0.717, 1.165) is 56.4 Å². The van der Waals surface area contributed by atoms with E-state index in [0.29, 0.717) is 18.1 Å². The zero-order valence-electron chi connectivity index (χ0n) is 12.9. The number of hydrogen-bond acceptors (Lipinski definition) is 3. The van der Waals surface area contributed by atoms with Crippen LogP contribution < -0.4 is 5.32 Å². The standard InChI is InChI=1S/C19H23NO2/c21-16-9-4-10-17-18(16)15-8-5-11-19(12-15,22-17)20-13-14-6-2-1-3-7-14/h1-3,6-7,15,20H,4-5,8-13H2. The first-order valence-corrected chi connectivity index (χ1v) is 8.50. The number of nitrogens with one attached hydrogen (secondary N) is 1. The van der Waals surface area contributed by atoms with Gasteiger partial charge in [0.15, 0.2) is 11.5 Å². The van der Waals surface area contributed by atoms with Crippen LogP contribution in [-0.4, -0.2) is 11.5 Å². The highest BCUT2D eigenvalue weighted by atomic mass is 16.5. The Labute approximate surface area is 131 Å². The van der Waals surface area contributed by atoms with Crippen molar-refractivity contribution in [3.63, 3.8) is 0 Å². The summed E-state index contributed by atoms with van der Waals surface area (Å²) in [7, 11) is 0. The quantitative estimate of drug-likeness (QED) is 0.924. The predicted octanol–water partition coefficient (Wildman–Crippen LogP) is 3.70. The molecule has 0 amide bonds. The molecular formula is C19H23NO2. The van der Waals surface area contributed by atoms with Gasteiger partial charge in [0.25, 0.3) is 0 Å². The molecule has 0 saturated heterocycles. The lowest BCUT2D eigenvalue weighted by Gasteiger charge is -2.48. The van der Waals surface area contributed by atoms with E-state index < -0.39 is 0 Å². The van der Waals surface area contributed by atoms with E-state index in [1.165, 1.54) is 5.56 Å². The minimum atomic E-state index is -0.255. The monoisotopic (exact) mass is 297 g/mol. The third kappa shape index (κ3) is 2.48. The lowest BCUT2D eigenvalue weighted by molar-refractivity contribution is -0.124. The Kier molecular flexibility index (Phi) is 3.53. The maximum atomic E-state index is 12.3. The van der Waals surface area contributed by atoms with Gasteiger partial charge in [-0.1, -0.05) is 30.3 Å². The molecule has 1 aromatic carbocycles. The fourth-order valence-electron chi connectivity index (χ4n) is 4.26. The second-order valence-corrected chi connectivity index (χ2v) is 6.84. The smallest absolute Gasteiger partial charge is 0.162 e. The number of fused-ring (bicyclic) bond motifs is 3. The number of ether oxygens (including phenoxy) is 1. The third-order valence-electron chi connectivity index (χ3n) is 5.30. The van der Waals surface area contributed by atoms with E-state index in [4.69, 9.17) is 4.74 Å². The normalized spacial score (nSPS) is 30.7. The summed E-state index contributed by atoms with van der Waals surface area (Å²) in [6.45, 7) is 0.824. The average molecular weight is 297 g/mol. The summed E-state index contributed by atoms with van der Waals surface area (Å²) in [5.74, 6) is 1.74. The predicted molar refractivity (Wildman–Crippen MR) is 84.9 cm³/mol.